The van der Waals surface area contributed by atoms with E-state index in [-0.39, 0.29) is 23.6 Å². The van der Waals surface area contributed by atoms with Gasteiger partial charge in [-0.25, -0.2) is 9.18 Å². The average Bonchev–Trinajstić information content (AvgIpc) is 2.94. The summed E-state index contributed by atoms with van der Waals surface area (Å²) in [6.07, 6.45) is 0.360. The van der Waals surface area contributed by atoms with Crippen LogP contribution >= 0.6 is 15.9 Å². The second-order valence-electron chi connectivity index (χ2n) is 5.00. The Morgan fingerprint density at radius 1 is 1.35 bits per heavy atom. The molecule has 1 N–H and O–H groups in total. The van der Waals surface area contributed by atoms with Gasteiger partial charge in [-0.05, 0) is 18.2 Å². The van der Waals surface area contributed by atoms with Gasteiger partial charge in [-0.3, -0.25) is 4.79 Å². The van der Waals surface area contributed by atoms with Gasteiger partial charge in [-0.15, -0.1) is 0 Å². The molecule has 0 fully saturated rings. The molecule has 0 saturated carbocycles. The second-order valence-corrected chi connectivity index (χ2v) is 5.92. The lowest BCUT2D eigenvalue weighted by Gasteiger charge is -2.16. The molecule has 23 heavy (non-hydrogen) atoms. The number of carbonyl (C=O) groups is 2. The smallest absolute Gasteiger partial charge is 0.339 e. The minimum Gasteiger partial charge on any atom is -0.478 e. The summed E-state index contributed by atoms with van der Waals surface area (Å²) in [6.45, 7) is 1.77. The summed E-state index contributed by atoms with van der Waals surface area (Å²) < 4.78 is 19.8. The fraction of sp³-hybridized carbons (Fsp3) is 0.250. The Balaban J connectivity index is 2.23. The van der Waals surface area contributed by atoms with E-state index in [2.05, 4.69) is 15.9 Å². The summed E-state index contributed by atoms with van der Waals surface area (Å²) >= 11 is 3.25. The molecular weight excluding hydrogens is 369 g/mol. The van der Waals surface area contributed by atoms with Crippen molar-refractivity contribution in [1.29, 1.82) is 0 Å². The van der Waals surface area contributed by atoms with Gasteiger partial charge in [-0.1, -0.05) is 22.9 Å². The van der Waals surface area contributed by atoms with E-state index in [0.29, 0.717) is 16.5 Å². The molecule has 0 saturated heterocycles. The maximum atomic E-state index is 13.8. The van der Waals surface area contributed by atoms with Crippen molar-refractivity contribution in [3.8, 4) is 0 Å². The number of carbonyl (C=O) groups excluding carboxylic acids is 1. The first-order valence-corrected chi connectivity index (χ1v) is 7.68. The fourth-order valence-electron chi connectivity index (χ4n) is 2.16. The van der Waals surface area contributed by atoms with Crippen LogP contribution in [0.3, 0.4) is 0 Å². The molecule has 122 valence electrons. The van der Waals surface area contributed by atoms with Gasteiger partial charge in [0.1, 0.15) is 17.1 Å². The van der Waals surface area contributed by atoms with Gasteiger partial charge < -0.3 is 14.4 Å². The SMILES string of the molecule is CCc1oc(C(=O)N(C)Cc2cc(Br)ccc2F)cc1C(=O)O. The van der Waals surface area contributed by atoms with Crippen molar-refractivity contribution in [2.45, 2.75) is 19.9 Å². The standard InChI is InChI=1S/C16H15BrFNO4/c1-3-13-11(16(21)22)7-14(23-13)15(20)19(2)8-9-6-10(17)4-5-12(9)18/h4-7H,3,8H2,1-2H3,(H,21,22). The first-order chi connectivity index (χ1) is 10.8. The zero-order chi connectivity index (χ0) is 17.1. The molecule has 0 radical (unpaired) electrons. The van der Waals surface area contributed by atoms with Crippen molar-refractivity contribution in [2.75, 3.05) is 7.05 Å². The van der Waals surface area contributed by atoms with Crippen LogP contribution in [0.4, 0.5) is 4.39 Å². The third-order valence-electron chi connectivity index (χ3n) is 3.33. The average molecular weight is 384 g/mol. The number of halogens is 2. The molecule has 0 aliphatic heterocycles. The Morgan fingerprint density at radius 3 is 2.61 bits per heavy atom. The Hall–Kier alpha value is -2.15. The van der Waals surface area contributed by atoms with Gasteiger partial charge in [0.15, 0.2) is 5.76 Å². The van der Waals surface area contributed by atoms with Crippen molar-refractivity contribution in [1.82, 2.24) is 4.90 Å². The molecular formula is C16H15BrFNO4. The number of amides is 1. The molecule has 1 heterocycles. The highest BCUT2D eigenvalue weighted by Crippen LogP contribution is 2.20. The van der Waals surface area contributed by atoms with Crippen LogP contribution in [0.5, 0.6) is 0 Å². The van der Waals surface area contributed by atoms with Crippen LogP contribution < -0.4 is 0 Å². The Labute approximate surface area is 140 Å². The van der Waals surface area contributed by atoms with Crippen molar-refractivity contribution in [3.63, 3.8) is 0 Å². The number of furan rings is 1. The first-order valence-electron chi connectivity index (χ1n) is 6.88. The van der Waals surface area contributed by atoms with Crippen LogP contribution in [-0.4, -0.2) is 28.9 Å². The van der Waals surface area contributed by atoms with Gasteiger partial charge in [0.25, 0.3) is 5.91 Å². The summed E-state index contributed by atoms with van der Waals surface area (Å²) in [4.78, 5) is 24.7. The highest BCUT2D eigenvalue weighted by molar-refractivity contribution is 9.10. The van der Waals surface area contributed by atoms with Crippen LogP contribution in [0.2, 0.25) is 0 Å². The highest BCUT2D eigenvalue weighted by Gasteiger charge is 2.23. The molecule has 0 unspecified atom stereocenters. The minimum atomic E-state index is -1.15. The summed E-state index contributed by atoms with van der Waals surface area (Å²) in [6, 6.07) is 5.67. The molecule has 0 bridgehead atoms. The summed E-state index contributed by atoms with van der Waals surface area (Å²) in [5.41, 5.74) is 0.314. The van der Waals surface area contributed by atoms with Crippen LogP contribution in [0.15, 0.2) is 33.2 Å². The molecule has 5 nitrogen and oxygen atoms in total. The molecule has 1 aromatic heterocycles. The lowest BCUT2D eigenvalue weighted by atomic mass is 10.2. The number of carboxylic acids is 1. The van der Waals surface area contributed by atoms with Crippen molar-refractivity contribution >= 4 is 27.8 Å². The number of nitrogens with zero attached hydrogens (tertiary/aromatic N) is 1. The van der Waals surface area contributed by atoms with Crippen LogP contribution in [0.25, 0.3) is 0 Å². The third kappa shape index (κ3) is 3.79. The van der Waals surface area contributed by atoms with Gasteiger partial charge in [0.05, 0.1) is 0 Å². The van der Waals surface area contributed by atoms with E-state index in [0.717, 1.165) is 0 Å². The number of benzene rings is 1. The topological polar surface area (TPSA) is 70.8 Å². The maximum Gasteiger partial charge on any atom is 0.339 e. The van der Waals surface area contributed by atoms with Gasteiger partial charge >= 0.3 is 5.97 Å². The lowest BCUT2D eigenvalue weighted by molar-refractivity contribution is 0.0692. The highest BCUT2D eigenvalue weighted by atomic mass is 79.9. The molecule has 0 atom stereocenters. The number of hydrogen-bond acceptors (Lipinski definition) is 3. The number of aryl methyl sites for hydroxylation is 1. The van der Waals surface area contributed by atoms with E-state index in [9.17, 15) is 14.0 Å². The summed E-state index contributed by atoms with van der Waals surface area (Å²) in [7, 11) is 1.50. The number of carboxylic acid groups (broad SMARTS) is 1. The van der Waals surface area contributed by atoms with E-state index in [1.54, 1.807) is 19.1 Å². The largest absolute Gasteiger partial charge is 0.478 e. The monoisotopic (exact) mass is 383 g/mol. The van der Waals surface area contributed by atoms with E-state index >= 15 is 0 Å². The van der Waals surface area contributed by atoms with Crippen LogP contribution in [0, 0.1) is 5.82 Å². The number of aromatic carboxylic acids is 1. The zero-order valence-electron chi connectivity index (χ0n) is 12.6. The first kappa shape index (κ1) is 17.2. The molecule has 0 spiro atoms. The molecule has 2 aromatic rings. The summed E-state index contributed by atoms with van der Waals surface area (Å²) in [5, 5.41) is 9.09. The minimum absolute atomic E-state index is 0.0297. The molecule has 1 amide bonds. The number of rotatable bonds is 5. The van der Waals surface area contributed by atoms with E-state index in [4.69, 9.17) is 9.52 Å². The van der Waals surface area contributed by atoms with Crippen LogP contribution in [-0.2, 0) is 13.0 Å². The Bertz CT molecular complexity index is 757. The van der Waals surface area contributed by atoms with E-state index in [1.807, 2.05) is 0 Å². The Kier molecular flexibility index (Phi) is 5.20. The molecule has 7 heteroatoms. The van der Waals surface area contributed by atoms with E-state index in [1.165, 1.54) is 24.1 Å². The van der Waals surface area contributed by atoms with Gasteiger partial charge in [0.2, 0.25) is 0 Å². The predicted octanol–water partition coefficient (Wildman–Crippen LogP) is 3.71. The van der Waals surface area contributed by atoms with Crippen molar-refractivity contribution in [2.24, 2.45) is 0 Å². The van der Waals surface area contributed by atoms with Crippen molar-refractivity contribution in [3.05, 3.63) is 57.2 Å². The van der Waals surface area contributed by atoms with Gasteiger partial charge in [-0.2, -0.15) is 0 Å². The molecule has 1 aromatic carbocycles. The molecule has 2 rings (SSSR count). The summed E-state index contributed by atoms with van der Waals surface area (Å²) in [5.74, 6) is -1.91. The predicted molar refractivity (Wildman–Crippen MR) is 84.9 cm³/mol. The lowest BCUT2D eigenvalue weighted by Crippen LogP contribution is -2.26. The van der Waals surface area contributed by atoms with Gasteiger partial charge in [0, 0.05) is 36.1 Å². The van der Waals surface area contributed by atoms with Crippen molar-refractivity contribution < 1.29 is 23.5 Å². The third-order valence-corrected chi connectivity index (χ3v) is 3.83. The fourth-order valence-corrected chi connectivity index (χ4v) is 2.57. The molecule has 0 aliphatic rings. The zero-order valence-corrected chi connectivity index (χ0v) is 14.2. The quantitative estimate of drug-likeness (QED) is 0.853. The normalized spacial score (nSPS) is 10.6. The van der Waals surface area contributed by atoms with E-state index < -0.39 is 17.7 Å². The van der Waals surface area contributed by atoms with Crippen LogP contribution in [0.1, 0.15) is 39.2 Å². The maximum absolute atomic E-state index is 13.8. The number of hydrogen-bond donors (Lipinski definition) is 1. The molecule has 0 aliphatic carbocycles. The Morgan fingerprint density at radius 2 is 2.04 bits per heavy atom. The second kappa shape index (κ2) is 6.95.